The third kappa shape index (κ3) is 3.07. The lowest BCUT2D eigenvalue weighted by Gasteiger charge is -2.20. The number of anilines is 1. The number of rotatable bonds is 3. The number of benzene rings is 2. The standard InChI is InChI=1S/C18H19F2N/c1-12(21-16-8-9-17(19)18(20)11-16)14-7-6-13-4-2-3-5-15(13)10-14/h6-12,21H,2-5H2,1H3. The first kappa shape index (κ1) is 14.1. The third-order valence-electron chi connectivity index (χ3n) is 4.18. The van der Waals surface area contributed by atoms with Crippen LogP contribution in [-0.4, -0.2) is 0 Å². The zero-order valence-electron chi connectivity index (χ0n) is 12.1. The predicted molar refractivity (Wildman–Crippen MR) is 81.5 cm³/mol. The van der Waals surface area contributed by atoms with Crippen molar-refractivity contribution >= 4 is 5.69 Å². The highest BCUT2D eigenvalue weighted by molar-refractivity contribution is 5.46. The Morgan fingerprint density at radius 3 is 2.43 bits per heavy atom. The summed E-state index contributed by atoms with van der Waals surface area (Å²) in [5, 5.41) is 3.23. The fourth-order valence-electron chi connectivity index (χ4n) is 2.94. The number of aryl methyl sites for hydroxylation is 2. The van der Waals surface area contributed by atoms with Crippen LogP contribution < -0.4 is 5.32 Å². The van der Waals surface area contributed by atoms with Crippen molar-refractivity contribution in [2.24, 2.45) is 0 Å². The molecule has 1 aliphatic carbocycles. The highest BCUT2D eigenvalue weighted by Crippen LogP contribution is 2.26. The molecule has 0 amide bonds. The molecule has 1 N–H and O–H groups in total. The van der Waals surface area contributed by atoms with Crippen molar-refractivity contribution in [3.05, 3.63) is 64.7 Å². The zero-order valence-corrected chi connectivity index (χ0v) is 12.1. The van der Waals surface area contributed by atoms with Crippen LogP contribution in [0.15, 0.2) is 36.4 Å². The second kappa shape index (κ2) is 5.84. The smallest absolute Gasteiger partial charge is 0.160 e. The number of nitrogens with one attached hydrogen (secondary N) is 1. The Kier molecular flexibility index (Phi) is 3.91. The molecule has 3 rings (SSSR count). The van der Waals surface area contributed by atoms with Gasteiger partial charge in [-0.15, -0.1) is 0 Å². The lowest BCUT2D eigenvalue weighted by Crippen LogP contribution is -2.09. The first-order chi connectivity index (χ1) is 10.1. The Bertz CT molecular complexity index is 652. The average molecular weight is 287 g/mol. The third-order valence-corrected chi connectivity index (χ3v) is 4.18. The van der Waals surface area contributed by atoms with Crippen LogP contribution in [0.25, 0.3) is 0 Å². The highest BCUT2D eigenvalue weighted by atomic mass is 19.2. The van der Waals surface area contributed by atoms with Crippen molar-refractivity contribution in [1.82, 2.24) is 0 Å². The van der Waals surface area contributed by atoms with Crippen molar-refractivity contribution in [2.45, 2.75) is 38.6 Å². The molecular weight excluding hydrogens is 268 g/mol. The summed E-state index contributed by atoms with van der Waals surface area (Å²) < 4.78 is 26.2. The quantitative estimate of drug-likeness (QED) is 0.836. The molecule has 2 aromatic carbocycles. The molecule has 1 aliphatic rings. The molecular formula is C18H19F2N. The van der Waals surface area contributed by atoms with Crippen LogP contribution in [0.3, 0.4) is 0 Å². The fraction of sp³-hybridized carbons (Fsp3) is 0.333. The predicted octanol–water partition coefficient (Wildman–Crippen LogP) is 5.02. The van der Waals surface area contributed by atoms with E-state index in [4.69, 9.17) is 0 Å². The van der Waals surface area contributed by atoms with E-state index in [0.717, 1.165) is 12.5 Å². The summed E-state index contributed by atoms with van der Waals surface area (Å²) in [4.78, 5) is 0. The van der Waals surface area contributed by atoms with Gasteiger partial charge in [-0.25, -0.2) is 8.78 Å². The molecule has 3 heteroatoms. The van der Waals surface area contributed by atoms with Gasteiger partial charge >= 0.3 is 0 Å². The first-order valence-electron chi connectivity index (χ1n) is 7.47. The van der Waals surface area contributed by atoms with Crippen LogP contribution >= 0.6 is 0 Å². The van der Waals surface area contributed by atoms with Crippen molar-refractivity contribution in [3.8, 4) is 0 Å². The largest absolute Gasteiger partial charge is 0.378 e. The van der Waals surface area contributed by atoms with Gasteiger partial charge in [0.05, 0.1) is 0 Å². The van der Waals surface area contributed by atoms with E-state index in [2.05, 4.69) is 23.5 Å². The molecule has 2 aromatic rings. The van der Waals surface area contributed by atoms with E-state index >= 15 is 0 Å². The molecule has 110 valence electrons. The van der Waals surface area contributed by atoms with Crippen LogP contribution in [-0.2, 0) is 12.8 Å². The van der Waals surface area contributed by atoms with Gasteiger partial charge in [0.15, 0.2) is 11.6 Å². The van der Waals surface area contributed by atoms with Crippen molar-refractivity contribution < 1.29 is 8.78 Å². The van der Waals surface area contributed by atoms with Gasteiger partial charge in [0.2, 0.25) is 0 Å². The molecule has 0 radical (unpaired) electrons. The van der Waals surface area contributed by atoms with E-state index in [1.807, 2.05) is 6.92 Å². The SMILES string of the molecule is CC(Nc1ccc(F)c(F)c1)c1ccc2c(c1)CCCC2. The molecule has 0 saturated carbocycles. The van der Waals surface area contributed by atoms with Gasteiger partial charge in [-0.2, -0.15) is 0 Å². The molecule has 1 nitrogen and oxygen atoms in total. The maximum absolute atomic E-state index is 13.2. The minimum Gasteiger partial charge on any atom is -0.378 e. The minimum absolute atomic E-state index is 0.0575. The monoisotopic (exact) mass is 287 g/mol. The summed E-state index contributed by atoms with van der Waals surface area (Å²) in [6.45, 7) is 2.03. The second-order valence-corrected chi connectivity index (χ2v) is 5.73. The van der Waals surface area contributed by atoms with Gasteiger partial charge in [0.1, 0.15) is 0 Å². The van der Waals surface area contributed by atoms with Crippen LogP contribution in [0.1, 0.15) is 42.5 Å². The van der Waals surface area contributed by atoms with Crippen molar-refractivity contribution in [3.63, 3.8) is 0 Å². The summed E-state index contributed by atoms with van der Waals surface area (Å²) >= 11 is 0. The lowest BCUT2D eigenvalue weighted by molar-refractivity contribution is 0.509. The number of hydrogen-bond donors (Lipinski definition) is 1. The minimum atomic E-state index is -0.822. The highest BCUT2D eigenvalue weighted by Gasteiger charge is 2.13. The molecule has 0 heterocycles. The van der Waals surface area contributed by atoms with E-state index in [1.165, 1.54) is 42.0 Å². The fourth-order valence-corrected chi connectivity index (χ4v) is 2.94. The summed E-state index contributed by atoms with van der Waals surface area (Å²) in [5.41, 5.74) is 4.65. The van der Waals surface area contributed by atoms with Crippen molar-refractivity contribution in [1.29, 1.82) is 0 Å². The van der Waals surface area contributed by atoms with Gasteiger partial charge in [-0.1, -0.05) is 18.2 Å². The molecule has 0 aromatic heterocycles. The molecule has 1 atom stereocenters. The Labute approximate surface area is 124 Å². The summed E-state index contributed by atoms with van der Waals surface area (Å²) in [7, 11) is 0. The summed E-state index contributed by atoms with van der Waals surface area (Å²) in [5.74, 6) is -1.64. The normalized spacial score (nSPS) is 15.4. The summed E-state index contributed by atoms with van der Waals surface area (Å²) in [6.07, 6.45) is 4.83. The van der Waals surface area contributed by atoms with E-state index < -0.39 is 11.6 Å². The van der Waals surface area contributed by atoms with Gasteiger partial charge in [-0.3, -0.25) is 0 Å². The lowest BCUT2D eigenvalue weighted by atomic mass is 9.89. The molecule has 0 saturated heterocycles. The molecule has 0 bridgehead atoms. The van der Waals surface area contributed by atoms with Gasteiger partial charge < -0.3 is 5.32 Å². The van der Waals surface area contributed by atoms with E-state index in [0.29, 0.717) is 5.69 Å². The van der Waals surface area contributed by atoms with Crippen LogP contribution in [0.5, 0.6) is 0 Å². The number of fused-ring (bicyclic) bond motifs is 1. The average Bonchev–Trinajstić information content (AvgIpc) is 2.50. The van der Waals surface area contributed by atoms with Crippen LogP contribution in [0, 0.1) is 11.6 Å². The molecule has 0 aliphatic heterocycles. The van der Waals surface area contributed by atoms with E-state index in [-0.39, 0.29) is 6.04 Å². The van der Waals surface area contributed by atoms with Gasteiger partial charge in [-0.05, 0) is 61.4 Å². The van der Waals surface area contributed by atoms with E-state index in [1.54, 1.807) is 6.07 Å². The molecule has 21 heavy (non-hydrogen) atoms. The molecule has 0 fully saturated rings. The Morgan fingerprint density at radius 2 is 1.67 bits per heavy atom. The van der Waals surface area contributed by atoms with E-state index in [9.17, 15) is 8.78 Å². The Morgan fingerprint density at radius 1 is 0.905 bits per heavy atom. The van der Waals surface area contributed by atoms with Crippen LogP contribution in [0.2, 0.25) is 0 Å². The van der Waals surface area contributed by atoms with Gasteiger partial charge in [0.25, 0.3) is 0 Å². The Balaban J connectivity index is 1.78. The second-order valence-electron chi connectivity index (χ2n) is 5.73. The topological polar surface area (TPSA) is 12.0 Å². The van der Waals surface area contributed by atoms with Gasteiger partial charge in [0, 0.05) is 17.8 Å². The Hall–Kier alpha value is -1.90. The van der Waals surface area contributed by atoms with Crippen LogP contribution in [0.4, 0.5) is 14.5 Å². The maximum atomic E-state index is 13.2. The zero-order chi connectivity index (χ0) is 14.8. The number of halogens is 2. The molecule has 1 unspecified atom stereocenters. The van der Waals surface area contributed by atoms with Crippen molar-refractivity contribution in [2.75, 3.05) is 5.32 Å². The number of hydrogen-bond acceptors (Lipinski definition) is 1. The first-order valence-corrected chi connectivity index (χ1v) is 7.47. The summed E-state index contributed by atoms with van der Waals surface area (Å²) in [6, 6.07) is 10.5. The maximum Gasteiger partial charge on any atom is 0.160 e. The molecule has 0 spiro atoms.